The summed E-state index contributed by atoms with van der Waals surface area (Å²) in [6.07, 6.45) is 12.0. The molecule has 170 valence electrons. The molecule has 2 atom stereocenters. The Bertz CT molecular complexity index is 613. The topological polar surface area (TPSA) is 12.5 Å². The van der Waals surface area contributed by atoms with Gasteiger partial charge in [-0.05, 0) is 62.8 Å². The van der Waals surface area contributed by atoms with Crippen LogP contribution in [0.5, 0.6) is 0 Å². The van der Waals surface area contributed by atoms with Gasteiger partial charge in [0.1, 0.15) is 0 Å². The van der Waals surface area contributed by atoms with Gasteiger partial charge < -0.3 is 9.64 Å². The number of thioether (sulfide) groups is 1. The summed E-state index contributed by atoms with van der Waals surface area (Å²) < 4.78 is 5.88. The van der Waals surface area contributed by atoms with Crippen LogP contribution in [0.2, 0.25) is 0 Å². The third-order valence-corrected chi connectivity index (χ3v) is 6.54. The first-order chi connectivity index (χ1) is 14.5. The Labute approximate surface area is 191 Å². The monoisotopic (exact) mass is 431 g/mol. The van der Waals surface area contributed by atoms with Crippen LogP contribution in [0.25, 0.3) is 0 Å². The number of unbranched alkanes of at least 4 members (excludes halogenated alkanes) is 1. The van der Waals surface area contributed by atoms with Crippen molar-refractivity contribution in [2.45, 2.75) is 91.9 Å². The summed E-state index contributed by atoms with van der Waals surface area (Å²) in [5, 5.41) is 0. The summed E-state index contributed by atoms with van der Waals surface area (Å²) in [5.74, 6) is 2.46. The number of hydrogen-bond donors (Lipinski definition) is 0. The van der Waals surface area contributed by atoms with Gasteiger partial charge in [0, 0.05) is 24.0 Å². The van der Waals surface area contributed by atoms with Gasteiger partial charge in [-0.1, -0.05) is 70.2 Å². The first kappa shape index (κ1) is 26.8. The molecule has 1 aromatic rings. The molecule has 0 saturated carbocycles. The summed E-state index contributed by atoms with van der Waals surface area (Å²) in [5.41, 5.74) is 3.84. The number of benzene rings is 1. The maximum absolute atomic E-state index is 5.88. The molecule has 0 saturated heterocycles. The van der Waals surface area contributed by atoms with Crippen molar-refractivity contribution in [3.05, 3.63) is 59.8 Å². The Balaban J connectivity index is 2.51. The molecule has 30 heavy (non-hydrogen) atoms. The molecule has 1 aromatic carbocycles. The van der Waals surface area contributed by atoms with Crippen molar-refractivity contribution in [2.75, 3.05) is 18.1 Å². The van der Waals surface area contributed by atoms with Gasteiger partial charge in [0.25, 0.3) is 0 Å². The number of allylic oxidation sites excluding steroid dienone is 2. The Morgan fingerprint density at radius 1 is 1.17 bits per heavy atom. The van der Waals surface area contributed by atoms with Crippen LogP contribution in [0.15, 0.2) is 48.7 Å². The lowest BCUT2D eigenvalue weighted by Crippen LogP contribution is -2.33. The number of nitrogens with zero attached hydrogens (tertiary/aromatic N) is 1. The summed E-state index contributed by atoms with van der Waals surface area (Å²) in [6, 6.07) is 9.29. The maximum Gasteiger partial charge on any atom is 0.0720 e. The van der Waals surface area contributed by atoms with Crippen LogP contribution in [-0.4, -0.2) is 35.1 Å². The first-order valence-corrected chi connectivity index (χ1v) is 13.0. The summed E-state index contributed by atoms with van der Waals surface area (Å²) in [4.78, 5) is 2.47. The smallest absolute Gasteiger partial charge is 0.0720 e. The molecule has 0 radical (unpaired) electrons. The predicted molar refractivity (Wildman–Crippen MR) is 136 cm³/mol. The Morgan fingerprint density at radius 3 is 2.60 bits per heavy atom. The molecule has 0 amide bonds. The normalized spacial score (nSPS) is 13.5. The highest BCUT2D eigenvalue weighted by Gasteiger charge is 2.13. The minimum absolute atomic E-state index is 0.323. The van der Waals surface area contributed by atoms with E-state index in [9.17, 15) is 0 Å². The van der Waals surface area contributed by atoms with Gasteiger partial charge >= 0.3 is 0 Å². The molecule has 1 rings (SSSR count). The van der Waals surface area contributed by atoms with Gasteiger partial charge in [-0.15, -0.1) is 0 Å². The van der Waals surface area contributed by atoms with E-state index in [0.717, 1.165) is 32.2 Å². The molecule has 3 heteroatoms. The molecule has 0 aliphatic heterocycles. The SMILES string of the molecule is C=C(C)N(CCSCCCC)C(/C=C/CCc1cccc(COC(C)CC)c1)CC. The zero-order chi connectivity index (χ0) is 22.2. The molecular weight excluding hydrogens is 386 g/mol. The Hall–Kier alpha value is -1.19. The molecule has 0 aliphatic carbocycles. The summed E-state index contributed by atoms with van der Waals surface area (Å²) in [6.45, 7) is 17.0. The van der Waals surface area contributed by atoms with Crippen molar-refractivity contribution in [3.63, 3.8) is 0 Å². The van der Waals surface area contributed by atoms with Gasteiger partial charge in [0.2, 0.25) is 0 Å². The van der Waals surface area contributed by atoms with E-state index in [1.165, 1.54) is 41.2 Å². The van der Waals surface area contributed by atoms with E-state index in [1.807, 2.05) is 0 Å². The minimum atomic E-state index is 0.323. The van der Waals surface area contributed by atoms with Gasteiger partial charge in [0.15, 0.2) is 0 Å². The van der Waals surface area contributed by atoms with Gasteiger partial charge in [0.05, 0.1) is 12.7 Å². The van der Waals surface area contributed by atoms with Crippen molar-refractivity contribution in [2.24, 2.45) is 0 Å². The molecule has 0 bridgehead atoms. The van der Waals surface area contributed by atoms with Gasteiger partial charge in [-0.2, -0.15) is 11.8 Å². The maximum atomic E-state index is 5.88. The molecule has 2 nitrogen and oxygen atoms in total. The van der Waals surface area contributed by atoms with Crippen molar-refractivity contribution in [1.82, 2.24) is 4.90 Å². The van der Waals surface area contributed by atoms with Crippen LogP contribution < -0.4 is 0 Å². The van der Waals surface area contributed by atoms with Crippen LogP contribution in [-0.2, 0) is 17.8 Å². The fourth-order valence-corrected chi connectivity index (χ4v) is 4.37. The third-order valence-electron chi connectivity index (χ3n) is 5.49. The molecule has 0 aliphatic rings. The molecule has 0 aromatic heterocycles. The lowest BCUT2D eigenvalue weighted by Gasteiger charge is -2.31. The summed E-state index contributed by atoms with van der Waals surface area (Å²) in [7, 11) is 0. The van der Waals surface area contributed by atoms with E-state index in [1.54, 1.807) is 0 Å². The highest BCUT2D eigenvalue weighted by atomic mass is 32.2. The molecule has 0 fully saturated rings. The third kappa shape index (κ3) is 11.3. The van der Waals surface area contributed by atoms with Crippen molar-refractivity contribution < 1.29 is 4.74 Å². The zero-order valence-electron chi connectivity index (χ0n) is 20.2. The molecule has 0 heterocycles. The van der Waals surface area contributed by atoms with E-state index in [4.69, 9.17) is 4.74 Å². The molecule has 0 spiro atoms. The number of rotatable bonds is 17. The fraction of sp³-hybridized carbons (Fsp3) is 0.630. The standard InChI is InChI=1S/C27H45NOS/c1-7-10-19-30-20-18-28(23(4)5)27(9-3)17-12-11-14-25-15-13-16-26(21-25)22-29-24(6)8-2/h12-13,15-17,21,24,27H,4,7-11,14,18-20,22H2,1-3,5-6H3/b17-12+. The second-order valence-corrected chi connectivity index (χ2v) is 9.41. The van der Waals surface area contributed by atoms with Gasteiger partial charge in [-0.3, -0.25) is 0 Å². The summed E-state index contributed by atoms with van der Waals surface area (Å²) >= 11 is 2.07. The van der Waals surface area contributed by atoms with Crippen LogP contribution in [0.3, 0.4) is 0 Å². The fourth-order valence-electron chi connectivity index (χ4n) is 3.35. The second kappa shape index (κ2) is 16.5. The van der Waals surface area contributed by atoms with Crippen molar-refractivity contribution in [3.8, 4) is 0 Å². The molecule has 0 N–H and O–H groups in total. The van der Waals surface area contributed by atoms with E-state index in [-0.39, 0.29) is 0 Å². The van der Waals surface area contributed by atoms with Crippen LogP contribution in [0.1, 0.15) is 77.8 Å². The van der Waals surface area contributed by atoms with Gasteiger partial charge in [-0.25, -0.2) is 0 Å². The Kier molecular flexibility index (Phi) is 14.8. The minimum Gasteiger partial charge on any atom is -0.374 e. The van der Waals surface area contributed by atoms with E-state index in [2.05, 4.69) is 94.3 Å². The number of ether oxygens (including phenoxy) is 1. The first-order valence-electron chi connectivity index (χ1n) is 11.9. The highest BCUT2D eigenvalue weighted by Crippen LogP contribution is 2.16. The number of hydrogen-bond acceptors (Lipinski definition) is 3. The lowest BCUT2D eigenvalue weighted by molar-refractivity contribution is 0.0508. The predicted octanol–water partition coefficient (Wildman–Crippen LogP) is 7.64. The van der Waals surface area contributed by atoms with Crippen LogP contribution in [0, 0.1) is 0 Å². The lowest BCUT2D eigenvalue weighted by atomic mass is 10.1. The average Bonchev–Trinajstić information content (AvgIpc) is 2.75. The number of aryl methyl sites for hydroxylation is 1. The van der Waals surface area contributed by atoms with E-state index in [0.29, 0.717) is 18.8 Å². The average molecular weight is 432 g/mol. The van der Waals surface area contributed by atoms with E-state index >= 15 is 0 Å². The van der Waals surface area contributed by atoms with Crippen LogP contribution in [0.4, 0.5) is 0 Å². The largest absolute Gasteiger partial charge is 0.374 e. The second-order valence-electron chi connectivity index (χ2n) is 8.19. The van der Waals surface area contributed by atoms with Crippen molar-refractivity contribution in [1.29, 1.82) is 0 Å². The van der Waals surface area contributed by atoms with Crippen molar-refractivity contribution >= 4 is 11.8 Å². The quantitative estimate of drug-likeness (QED) is 0.186. The zero-order valence-corrected chi connectivity index (χ0v) is 21.0. The van der Waals surface area contributed by atoms with Crippen LogP contribution >= 0.6 is 11.8 Å². The molecule has 2 unspecified atom stereocenters. The highest BCUT2D eigenvalue weighted by molar-refractivity contribution is 7.99. The Morgan fingerprint density at radius 2 is 1.93 bits per heavy atom. The molecular formula is C27H45NOS. The van der Waals surface area contributed by atoms with E-state index < -0.39 is 0 Å².